The fourth-order valence-electron chi connectivity index (χ4n) is 3.79. The van der Waals surface area contributed by atoms with Crippen LogP contribution in [0.4, 0.5) is 0 Å². The zero-order valence-corrected chi connectivity index (χ0v) is 19.1. The van der Waals surface area contributed by atoms with E-state index in [1.807, 2.05) is 66.7 Å². The Morgan fingerprint density at radius 2 is 1.79 bits per heavy atom. The summed E-state index contributed by atoms with van der Waals surface area (Å²) in [6, 6.07) is 24.0. The standard InChI is InChI=1S/C28H29N3O2/c1-21-9-8-14-26(22(21)2)33-20-19-31-25-13-7-6-12-24(25)30-27(31)17-18-29-28(32)16-15-23-10-4-3-5-11-23/h3-16H,17-20H2,1-2H3,(H,29,32)/b16-15+. The van der Waals surface area contributed by atoms with E-state index in [4.69, 9.17) is 9.72 Å². The predicted octanol–water partition coefficient (Wildman–Crippen LogP) is 5.10. The van der Waals surface area contributed by atoms with Crippen LogP contribution in [0.15, 0.2) is 78.9 Å². The van der Waals surface area contributed by atoms with Crippen molar-refractivity contribution in [2.45, 2.75) is 26.8 Å². The molecule has 0 saturated carbocycles. The maximum atomic E-state index is 12.2. The van der Waals surface area contributed by atoms with Crippen LogP contribution in [-0.2, 0) is 17.8 Å². The van der Waals surface area contributed by atoms with Crippen LogP contribution in [0, 0.1) is 13.8 Å². The highest BCUT2D eigenvalue weighted by atomic mass is 16.5. The third-order valence-electron chi connectivity index (χ3n) is 5.74. The van der Waals surface area contributed by atoms with E-state index in [-0.39, 0.29) is 5.91 Å². The minimum absolute atomic E-state index is 0.111. The highest BCUT2D eigenvalue weighted by Crippen LogP contribution is 2.21. The smallest absolute Gasteiger partial charge is 0.244 e. The molecule has 0 aliphatic rings. The van der Waals surface area contributed by atoms with E-state index in [1.165, 1.54) is 11.1 Å². The lowest BCUT2D eigenvalue weighted by molar-refractivity contribution is -0.116. The van der Waals surface area contributed by atoms with Crippen LogP contribution in [-0.4, -0.2) is 28.6 Å². The van der Waals surface area contributed by atoms with E-state index < -0.39 is 0 Å². The molecule has 4 aromatic rings. The number of aryl methyl sites for hydroxylation is 1. The van der Waals surface area contributed by atoms with Crippen molar-refractivity contribution in [2.24, 2.45) is 0 Å². The van der Waals surface area contributed by atoms with Gasteiger partial charge in [-0.1, -0.05) is 54.6 Å². The summed E-state index contributed by atoms with van der Waals surface area (Å²) in [7, 11) is 0. The number of nitrogens with one attached hydrogen (secondary N) is 1. The van der Waals surface area contributed by atoms with Crippen molar-refractivity contribution in [3.05, 3.63) is 101 Å². The SMILES string of the molecule is Cc1cccc(OCCn2c(CCNC(=O)/C=C/c3ccccc3)nc3ccccc32)c1C. The van der Waals surface area contributed by atoms with Crippen LogP contribution >= 0.6 is 0 Å². The van der Waals surface area contributed by atoms with Gasteiger partial charge in [-0.25, -0.2) is 4.98 Å². The molecule has 33 heavy (non-hydrogen) atoms. The van der Waals surface area contributed by atoms with Gasteiger partial charge in [-0.05, 0) is 54.8 Å². The quantitative estimate of drug-likeness (QED) is 0.369. The summed E-state index contributed by atoms with van der Waals surface area (Å²) >= 11 is 0. The Kier molecular flexibility index (Phi) is 7.20. The highest BCUT2D eigenvalue weighted by molar-refractivity contribution is 5.91. The van der Waals surface area contributed by atoms with Crippen molar-refractivity contribution in [1.29, 1.82) is 0 Å². The minimum atomic E-state index is -0.111. The number of imidazole rings is 1. The van der Waals surface area contributed by atoms with Crippen LogP contribution < -0.4 is 10.1 Å². The zero-order valence-electron chi connectivity index (χ0n) is 19.1. The number of carbonyl (C=O) groups excluding carboxylic acids is 1. The van der Waals surface area contributed by atoms with Gasteiger partial charge in [0.05, 0.1) is 17.6 Å². The molecule has 4 rings (SSSR count). The van der Waals surface area contributed by atoms with Gasteiger partial charge in [-0.15, -0.1) is 0 Å². The number of para-hydroxylation sites is 2. The average Bonchev–Trinajstić information content (AvgIpc) is 3.18. The van der Waals surface area contributed by atoms with Crippen LogP contribution in [0.5, 0.6) is 5.75 Å². The molecule has 5 nitrogen and oxygen atoms in total. The molecule has 0 radical (unpaired) electrons. The second-order valence-electron chi connectivity index (χ2n) is 8.00. The Morgan fingerprint density at radius 1 is 1.00 bits per heavy atom. The summed E-state index contributed by atoms with van der Waals surface area (Å²) in [5, 5.41) is 2.96. The van der Waals surface area contributed by atoms with E-state index in [2.05, 4.69) is 35.9 Å². The molecule has 0 aliphatic heterocycles. The molecule has 1 amide bonds. The molecule has 1 aromatic heterocycles. The van der Waals surface area contributed by atoms with E-state index in [9.17, 15) is 4.79 Å². The zero-order chi connectivity index (χ0) is 23.0. The number of ether oxygens (including phenoxy) is 1. The first-order valence-corrected chi connectivity index (χ1v) is 11.3. The first-order chi connectivity index (χ1) is 16.1. The number of hydrogen-bond donors (Lipinski definition) is 1. The maximum Gasteiger partial charge on any atom is 0.244 e. The highest BCUT2D eigenvalue weighted by Gasteiger charge is 2.11. The summed E-state index contributed by atoms with van der Waals surface area (Å²) in [5.74, 6) is 1.74. The summed E-state index contributed by atoms with van der Waals surface area (Å²) < 4.78 is 8.27. The lowest BCUT2D eigenvalue weighted by Gasteiger charge is -2.13. The number of hydrogen-bond acceptors (Lipinski definition) is 3. The summed E-state index contributed by atoms with van der Waals surface area (Å²) in [5.41, 5.74) is 5.41. The number of nitrogens with zero attached hydrogens (tertiary/aromatic N) is 2. The number of amides is 1. The molecular formula is C28H29N3O2. The molecule has 168 valence electrons. The monoisotopic (exact) mass is 439 g/mol. The third-order valence-corrected chi connectivity index (χ3v) is 5.74. The van der Waals surface area contributed by atoms with Crippen molar-refractivity contribution in [3.8, 4) is 5.75 Å². The summed E-state index contributed by atoms with van der Waals surface area (Å²) in [4.78, 5) is 17.0. The number of carbonyl (C=O) groups is 1. The molecule has 0 bridgehead atoms. The molecule has 5 heteroatoms. The Morgan fingerprint density at radius 3 is 2.64 bits per heavy atom. The predicted molar refractivity (Wildman–Crippen MR) is 133 cm³/mol. The van der Waals surface area contributed by atoms with Crippen molar-refractivity contribution in [3.63, 3.8) is 0 Å². The Bertz CT molecular complexity index is 1260. The van der Waals surface area contributed by atoms with E-state index >= 15 is 0 Å². The lowest BCUT2D eigenvalue weighted by atomic mass is 10.1. The van der Waals surface area contributed by atoms with Crippen LogP contribution in [0.25, 0.3) is 17.1 Å². The van der Waals surface area contributed by atoms with Gasteiger partial charge < -0.3 is 14.6 Å². The largest absolute Gasteiger partial charge is 0.491 e. The molecule has 0 atom stereocenters. The minimum Gasteiger partial charge on any atom is -0.491 e. The van der Waals surface area contributed by atoms with Crippen molar-refractivity contribution in [1.82, 2.24) is 14.9 Å². The Balaban J connectivity index is 1.39. The topological polar surface area (TPSA) is 56.1 Å². The maximum absolute atomic E-state index is 12.2. The average molecular weight is 440 g/mol. The van der Waals surface area contributed by atoms with Gasteiger partial charge in [-0.2, -0.15) is 0 Å². The normalized spacial score (nSPS) is 11.2. The van der Waals surface area contributed by atoms with Gasteiger partial charge in [-0.3, -0.25) is 4.79 Å². The van der Waals surface area contributed by atoms with Gasteiger partial charge in [0.2, 0.25) is 5.91 Å². The first-order valence-electron chi connectivity index (χ1n) is 11.3. The Labute approximate surface area is 194 Å². The van der Waals surface area contributed by atoms with Gasteiger partial charge >= 0.3 is 0 Å². The van der Waals surface area contributed by atoms with Gasteiger partial charge in [0.1, 0.15) is 18.2 Å². The number of benzene rings is 3. The number of aromatic nitrogens is 2. The van der Waals surface area contributed by atoms with Gasteiger partial charge in [0.25, 0.3) is 0 Å². The Hall–Kier alpha value is -3.86. The number of fused-ring (bicyclic) bond motifs is 1. The van der Waals surface area contributed by atoms with Crippen molar-refractivity contribution < 1.29 is 9.53 Å². The van der Waals surface area contributed by atoms with Crippen LogP contribution in [0.3, 0.4) is 0 Å². The van der Waals surface area contributed by atoms with Gasteiger partial charge in [0, 0.05) is 19.0 Å². The molecule has 0 aliphatic carbocycles. The molecule has 3 aromatic carbocycles. The molecule has 0 saturated heterocycles. The molecule has 0 fully saturated rings. The second-order valence-corrected chi connectivity index (χ2v) is 8.00. The van der Waals surface area contributed by atoms with Crippen LogP contribution in [0.1, 0.15) is 22.5 Å². The van der Waals surface area contributed by atoms with Crippen molar-refractivity contribution >= 4 is 23.0 Å². The molecular weight excluding hydrogens is 410 g/mol. The van der Waals surface area contributed by atoms with Crippen molar-refractivity contribution in [2.75, 3.05) is 13.2 Å². The molecule has 1 heterocycles. The van der Waals surface area contributed by atoms with Crippen LogP contribution in [0.2, 0.25) is 0 Å². The van der Waals surface area contributed by atoms with E-state index in [1.54, 1.807) is 6.08 Å². The molecule has 0 unspecified atom stereocenters. The molecule has 1 N–H and O–H groups in total. The third kappa shape index (κ3) is 5.69. The fourth-order valence-corrected chi connectivity index (χ4v) is 3.79. The second kappa shape index (κ2) is 10.6. The molecule has 0 spiro atoms. The van der Waals surface area contributed by atoms with Gasteiger partial charge in [0.15, 0.2) is 0 Å². The van der Waals surface area contributed by atoms with E-state index in [0.29, 0.717) is 26.1 Å². The first kappa shape index (κ1) is 22.3. The summed E-state index contributed by atoms with van der Waals surface area (Å²) in [6.45, 7) is 5.92. The summed E-state index contributed by atoms with van der Waals surface area (Å²) in [6.07, 6.45) is 4.02. The lowest BCUT2D eigenvalue weighted by Crippen LogP contribution is -2.25. The fraction of sp³-hybridized carbons (Fsp3) is 0.214. The number of rotatable bonds is 9. The van der Waals surface area contributed by atoms with E-state index in [0.717, 1.165) is 28.2 Å².